The standard InChI is InChI=1S/C11H19N3O/c1-4-8(2)14(13)11-6-5-9(15-3)7-10(11)12/h5-8H,4,12-13H2,1-3H3. The first-order chi connectivity index (χ1) is 7.10. The van der Waals surface area contributed by atoms with E-state index in [2.05, 4.69) is 13.8 Å². The number of anilines is 2. The van der Waals surface area contributed by atoms with Crippen LogP contribution < -0.4 is 21.3 Å². The van der Waals surface area contributed by atoms with Crippen LogP contribution in [0.15, 0.2) is 18.2 Å². The molecule has 1 atom stereocenters. The monoisotopic (exact) mass is 209 g/mol. The van der Waals surface area contributed by atoms with Gasteiger partial charge in [0, 0.05) is 12.1 Å². The Morgan fingerprint density at radius 3 is 2.60 bits per heavy atom. The fraction of sp³-hybridized carbons (Fsp3) is 0.455. The van der Waals surface area contributed by atoms with Crippen molar-refractivity contribution in [1.82, 2.24) is 0 Å². The maximum atomic E-state index is 5.95. The highest BCUT2D eigenvalue weighted by Crippen LogP contribution is 2.27. The Bertz CT molecular complexity index is 328. The van der Waals surface area contributed by atoms with Crippen molar-refractivity contribution in [3.8, 4) is 5.75 Å². The fourth-order valence-corrected chi connectivity index (χ4v) is 1.33. The second-order valence-electron chi connectivity index (χ2n) is 3.59. The van der Waals surface area contributed by atoms with E-state index in [0.717, 1.165) is 17.9 Å². The Morgan fingerprint density at radius 2 is 2.13 bits per heavy atom. The van der Waals surface area contributed by atoms with Crippen molar-refractivity contribution in [3.63, 3.8) is 0 Å². The quantitative estimate of drug-likeness (QED) is 0.450. The molecule has 15 heavy (non-hydrogen) atoms. The molecule has 0 bridgehead atoms. The third-order valence-corrected chi connectivity index (χ3v) is 2.58. The van der Waals surface area contributed by atoms with Gasteiger partial charge in [-0.05, 0) is 25.5 Å². The molecular formula is C11H19N3O. The molecule has 0 aromatic heterocycles. The number of ether oxygens (including phenoxy) is 1. The molecule has 0 amide bonds. The van der Waals surface area contributed by atoms with Crippen molar-refractivity contribution in [3.05, 3.63) is 18.2 Å². The summed E-state index contributed by atoms with van der Waals surface area (Å²) < 4.78 is 5.08. The van der Waals surface area contributed by atoms with E-state index >= 15 is 0 Å². The van der Waals surface area contributed by atoms with Gasteiger partial charge < -0.3 is 15.5 Å². The lowest BCUT2D eigenvalue weighted by atomic mass is 10.2. The van der Waals surface area contributed by atoms with Crippen molar-refractivity contribution in [2.75, 3.05) is 17.9 Å². The van der Waals surface area contributed by atoms with Crippen molar-refractivity contribution < 1.29 is 4.74 Å². The Morgan fingerprint density at radius 1 is 1.47 bits per heavy atom. The molecule has 0 aliphatic rings. The Labute approximate surface area is 90.8 Å². The van der Waals surface area contributed by atoms with Crippen LogP contribution in [0.5, 0.6) is 5.75 Å². The third kappa shape index (κ3) is 2.53. The summed E-state index contributed by atoms with van der Waals surface area (Å²) in [7, 11) is 1.61. The molecule has 1 rings (SSSR count). The van der Waals surface area contributed by atoms with Crippen LogP contribution in [0.25, 0.3) is 0 Å². The van der Waals surface area contributed by atoms with E-state index in [-0.39, 0.29) is 6.04 Å². The van der Waals surface area contributed by atoms with E-state index in [9.17, 15) is 0 Å². The predicted molar refractivity (Wildman–Crippen MR) is 63.8 cm³/mol. The lowest BCUT2D eigenvalue weighted by Gasteiger charge is -2.26. The summed E-state index contributed by atoms with van der Waals surface area (Å²) in [6, 6.07) is 5.77. The maximum Gasteiger partial charge on any atom is 0.121 e. The molecule has 0 spiro atoms. The van der Waals surface area contributed by atoms with Crippen molar-refractivity contribution in [2.24, 2.45) is 5.84 Å². The largest absolute Gasteiger partial charge is 0.497 e. The molecule has 0 saturated carbocycles. The van der Waals surface area contributed by atoms with Gasteiger partial charge in [-0.3, -0.25) is 0 Å². The molecule has 4 heteroatoms. The van der Waals surface area contributed by atoms with Crippen LogP contribution in [0.1, 0.15) is 20.3 Å². The van der Waals surface area contributed by atoms with E-state index < -0.39 is 0 Å². The molecule has 4 nitrogen and oxygen atoms in total. The van der Waals surface area contributed by atoms with E-state index in [0.29, 0.717) is 5.69 Å². The van der Waals surface area contributed by atoms with Gasteiger partial charge in [-0.15, -0.1) is 0 Å². The summed E-state index contributed by atoms with van der Waals surface area (Å²) in [5.74, 6) is 6.70. The number of hydrazine groups is 1. The Kier molecular flexibility index (Phi) is 3.80. The first kappa shape index (κ1) is 11.7. The molecular weight excluding hydrogens is 190 g/mol. The number of nitrogens with zero attached hydrogens (tertiary/aromatic N) is 1. The smallest absolute Gasteiger partial charge is 0.121 e. The molecule has 1 aromatic rings. The molecule has 84 valence electrons. The van der Waals surface area contributed by atoms with Crippen molar-refractivity contribution >= 4 is 11.4 Å². The Hall–Kier alpha value is -1.42. The number of hydrogen-bond acceptors (Lipinski definition) is 4. The topological polar surface area (TPSA) is 64.5 Å². The minimum absolute atomic E-state index is 0.265. The minimum Gasteiger partial charge on any atom is -0.497 e. The normalized spacial score (nSPS) is 12.3. The number of benzene rings is 1. The summed E-state index contributed by atoms with van der Waals surface area (Å²) in [6.45, 7) is 4.15. The summed E-state index contributed by atoms with van der Waals surface area (Å²) in [4.78, 5) is 0. The van der Waals surface area contributed by atoms with Crippen LogP contribution in [0.4, 0.5) is 11.4 Å². The predicted octanol–water partition coefficient (Wildman–Crippen LogP) is 1.76. The van der Waals surface area contributed by atoms with Gasteiger partial charge in [0.2, 0.25) is 0 Å². The first-order valence-electron chi connectivity index (χ1n) is 5.07. The van der Waals surface area contributed by atoms with Crippen molar-refractivity contribution in [1.29, 1.82) is 0 Å². The number of nitrogens with two attached hydrogens (primary N) is 2. The van der Waals surface area contributed by atoms with Gasteiger partial charge in [0.1, 0.15) is 5.75 Å². The zero-order chi connectivity index (χ0) is 11.4. The number of methoxy groups -OCH3 is 1. The van der Waals surface area contributed by atoms with Gasteiger partial charge in [0.25, 0.3) is 0 Å². The van der Waals surface area contributed by atoms with Crippen LogP contribution in [-0.2, 0) is 0 Å². The van der Waals surface area contributed by atoms with E-state index in [1.807, 2.05) is 12.1 Å². The van der Waals surface area contributed by atoms with Crippen LogP contribution >= 0.6 is 0 Å². The molecule has 4 N–H and O–H groups in total. The summed E-state index contributed by atoms with van der Waals surface area (Å²) >= 11 is 0. The summed E-state index contributed by atoms with van der Waals surface area (Å²) in [6.07, 6.45) is 0.974. The molecule has 0 radical (unpaired) electrons. The highest BCUT2D eigenvalue weighted by molar-refractivity contribution is 5.69. The maximum absolute atomic E-state index is 5.95. The van der Waals surface area contributed by atoms with Gasteiger partial charge >= 0.3 is 0 Å². The minimum atomic E-state index is 0.265. The highest BCUT2D eigenvalue weighted by Gasteiger charge is 2.11. The van der Waals surface area contributed by atoms with Gasteiger partial charge in [0.05, 0.1) is 18.5 Å². The van der Waals surface area contributed by atoms with E-state index in [1.54, 1.807) is 18.2 Å². The van der Waals surface area contributed by atoms with E-state index in [1.165, 1.54) is 0 Å². The van der Waals surface area contributed by atoms with Crippen LogP contribution in [0.2, 0.25) is 0 Å². The van der Waals surface area contributed by atoms with Gasteiger partial charge in [-0.2, -0.15) is 0 Å². The average Bonchev–Trinajstić information content (AvgIpc) is 2.26. The Balaban J connectivity index is 2.95. The lowest BCUT2D eigenvalue weighted by molar-refractivity contribution is 0.415. The molecule has 0 aliphatic heterocycles. The van der Waals surface area contributed by atoms with Gasteiger partial charge in [-0.1, -0.05) is 6.92 Å². The third-order valence-electron chi connectivity index (χ3n) is 2.58. The van der Waals surface area contributed by atoms with Crippen LogP contribution in [0.3, 0.4) is 0 Å². The number of hydrogen-bond donors (Lipinski definition) is 2. The SMILES string of the molecule is CCC(C)N(N)c1ccc(OC)cc1N. The highest BCUT2D eigenvalue weighted by atomic mass is 16.5. The van der Waals surface area contributed by atoms with E-state index in [4.69, 9.17) is 16.3 Å². The molecule has 0 fully saturated rings. The first-order valence-corrected chi connectivity index (χ1v) is 5.07. The van der Waals surface area contributed by atoms with Gasteiger partial charge in [0.15, 0.2) is 0 Å². The lowest BCUT2D eigenvalue weighted by Crippen LogP contribution is -2.39. The zero-order valence-corrected chi connectivity index (χ0v) is 9.53. The average molecular weight is 209 g/mol. The summed E-state index contributed by atoms with van der Waals surface area (Å²) in [5, 5.41) is 1.69. The number of nitrogen functional groups attached to an aromatic ring is 1. The second-order valence-corrected chi connectivity index (χ2v) is 3.59. The fourth-order valence-electron chi connectivity index (χ4n) is 1.33. The molecule has 1 aromatic carbocycles. The summed E-state index contributed by atoms with van der Waals surface area (Å²) in [5.41, 5.74) is 7.36. The van der Waals surface area contributed by atoms with Crippen LogP contribution in [0, 0.1) is 0 Å². The molecule has 0 heterocycles. The van der Waals surface area contributed by atoms with Crippen molar-refractivity contribution in [2.45, 2.75) is 26.3 Å². The molecule has 0 saturated heterocycles. The second kappa shape index (κ2) is 4.89. The zero-order valence-electron chi connectivity index (χ0n) is 9.53. The van der Waals surface area contributed by atoms with Crippen LogP contribution in [-0.4, -0.2) is 13.2 Å². The molecule has 1 unspecified atom stereocenters. The number of rotatable bonds is 4. The van der Waals surface area contributed by atoms with Gasteiger partial charge in [-0.25, -0.2) is 5.84 Å². The molecule has 0 aliphatic carbocycles.